The van der Waals surface area contributed by atoms with Gasteiger partial charge in [-0.1, -0.05) is 12.2 Å². The molecule has 24 heavy (non-hydrogen) atoms. The van der Waals surface area contributed by atoms with Gasteiger partial charge in [0.25, 0.3) is 0 Å². The summed E-state index contributed by atoms with van der Waals surface area (Å²) in [7, 11) is 0. The average Bonchev–Trinajstić information content (AvgIpc) is 2.49. The van der Waals surface area contributed by atoms with Gasteiger partial charge in [-0.2, -0.15) is 0 Å². The molecule has 2 rings (SSSR count). The van der Waals surface area contributed by atoms with Gasteiger partial charge in [0.05, 0.1) is 6.10 Å². The molecule has 0 saturated heterocycles. The molecule has 0 amide bonds. The van der Waals surface area contributed by atoms with Crippen LogP contribution in [-0.2, 0) is 14.3 Å². The Labute approximate surface area is 139 Å². The van der Waals surface area contributed by atoms with Crippen LogP contribution in [0.15, 0.2) is 18.2 Å². The number of aromatic hydroxyl groups is 2. The highest BCUT2D eigenvalue weighted by molar-refractivity contribution is 6.37. The number of cyclic esters (lactones) is 1. The number of carbonyl (C=O) groups excluding carboxylic acids is 3. The van der Waals surface area contributed by atoms with E-state index >= 15 is 0 Å². The zero-order chi connectivity index (χ0) is 17.7. The van der Waals surface area contributed by atoms with E-state index in [-0.39, 0.29) is 29.9 Å². The molecule has 6 nitrogen and oxygen atoms in total. The number of fused-ring (bicyclic) bond motifs is 1. The molecular weight excluding hydrogens is 312 g/mol. The molecule has 0 radical (unpaired) electrons. The highest BCUT2D eigenvalue weighted by atomic mass is 16.5. The first-order valence-corrected chi connectivity index (χ1v) is 7.88. The fourth-order valence-electron chi connectivity index (χ4n) is 2.54. The number of carbonyl (C=O) groups is 3. The molecule has 0 aromatic heterocycles. The first-order valence-electron chi connectivity index (χ1n) is 7.88. The number of rotatable bonds is 0. The lowest BCUT2D eigenvalue weighted by atomic mass is 10.0. The predicted molar refractivity (Wildman–Crippen MR) is 86.8 cm³/mol. The number of esters is 1. The van der Waals surface area contributed by atoms with E-state index in [1.165, 1.54) is 12.1 Å². The number of phenols is 2. The lowest BCUT2D eigenvalue weighted by molar-refractivity contribution is -0.136. The smallest absolute Gasteiger partial charge is 0.342 e. The molecule has 6 heteroatoms. The van der Waals surface area contributed by atoms with Crippen LogP contribution in [0, 0.1) is 0 Å². The molecule has 128 valence electrons. The Balaban J connectivity index is 2.36. The first kappa shape index (κ1) is 17.7. The van der Waals surface area contributed by atoms with Crippen molar-refractivity contribution in [2.45, 2.75) is 45.1 Å². The van der Waals surface area contributed by atoms with Gasteiger partial charge in [-0.25, -0.2) is 4.79 Å². The molecule has 1 atom stereocenters. The monoisotopic (exact) mass is 332 g/mol. The van der Waals surface area contributed by atoms with Crippen molar-refractivity contribution in [3.63, 3.8) is 0 Å². The molecule has 0 unspecified atom stereocenters. The lowest BCUT2D eigenvalue weighted by Gasteiger charge is -2.15. The predicted octanol–water partition coefficient (Wildman–Crippen LogP) is 2.76. The number of ketones is 2. The minimum atomic E-state index is -0.695. The van der Waals surface area contributed by atoms with Crippen LogP contribution in [0.5, 0.6) is 11.5 Å². The third kappa shape index (κ3) is 4.44. The molecule has 0 fully saturated rings. The van der Waals surface area contributed by atoms with Crippen LogP contribution in [0.1, 0.15) is 54.9 Å². The fraction of sp³-hybridized carbons (Fsp3) is 0.389. The summed E-state index contributed by atoms with van der Waals surface area (Å²) in [6.45, 7) is 1.68. The summed E-state index contributed by atoms with van der Waals surface area (Å²) in [4.78, 5) is 35.7. The van der Waals surface area contributed by atoms with Gasteiger partial charge in [-0.05, 0) is 37.8 Å². The summed E-state index contributed by atoms with van der Waals surface area (Å²) in [6, 6.07) is 2.40. The van der Waals surface area contributed by atoms with Gasteiger partial charge in [0.1, 0.15) is 17.1 Å². The van der Waals surface area contributed by atoms with Gasteiger partial charge >= 0.3 is 5.97 Å². The molecule has 2 N–H and O–H groups in total. The third-order valence-electron chi connectivity index (χ3n) is 3.81. The van der Waals surface area contributed by atoms with Crippen molar-refractivity contribution < 1.29 is 29.3 Å². The molecule has 0 aliphatic carbocycles. The van der Waals surface area contributed by atoms with E-state index in [1.54, 1.807) is 13.0 Å². The number of phenolic OH excluding ortho intramolecular Hbond substituents is 2. The summed E-state index contributed by atoms with van der Waals surface area (Å²) in [5.41, 5.74) is 0.260. The number of benzene rings is 1. The van der Waals surface area contributed by atoms with E-state index < -0.39 is 23.6 Å². The number of Topliss-reactive ketones (excluding diaryl/α,β-unsaturated/α-hetero) is 2. The molecule has 0 saturated carbocycles. The van der Waals surface area contributed by atoms with Crippen LogP contribution in [0.2, 0.25) is 0 Å². The number of hydrogen-bond donors (Lipinski definition) is 2. The van der Waals surface area contributed by atoms with E-state index in [0.717, 1.165) is 6.07 Å². The Kier molecular flexibility index (Phi) is 5.73. The second kappa shape index (κ2) is 7.77. The minimum Gasteiger partial charge on any atom is -0.508 e. The SMILES string of the molecule is C[C@H]1CCCC(=O)C(=O)CCC=Cc2cc(O)cc(O)c2C(=O)O1. The first-order chi connectivity index (χ1) is 11.4. The highest BCUT2D eigenvalue weighted by Gasteiger charge is 2.21. The second-order valence-corrected chi connectivity index (χ2v) is 5.82. The number of allylic oxidation sites excluding steroid dienone is 1. The van der Waals surface area contributed by atoms with Gasteiger partial charge in [0.2, 0.25) is 0 Å². The van der Waals surface area contributed by atoms with Crippen molar-refractivity contribution in [1.29, 1.82) is 0 Å². The van der Waals surface area contributed by atoms with Gasteiger partial charge in [0.15, 0.2) is 11.6 Å². The van der Waals surface area contributed by atoms with Gasteiger partial charge in [-0.15, -0.1) is 0 Å². The summed E-state index contributed by atoms with van der Waals surface area (Å²) in [5, 5.41) is 19.6. The molecule has 1 aromatic rings. The van der Waals surface area contributed by atoms with Crippen LogP contribution < -0.4 is 0 Å². The van der Waals surface area contributed by atoms with Crippen molar-refractivity contribution >= 4 is 23.6 Å². The molecular formula is C18H20O6. The van der Waals surface area contributed by atoms with Crippen LogP contribution in [-0.4, -0.2) is 33.9 Å². The van der Waals surface area contributed by atoms with Crippen molar-refractivity contribution in [1.82, 2.24) is 0 Å². The van der Waals surface area contributed by atoms with Gasteiger partial charge < -0.3 is 14.9 Å². The molecule has 1 aliphatic rings. The maximum atomic E-state index is 12.3. The zero-order valence-electron chi connectivity index (χ0n) is 13.4. The van der Waals surface area contributed by atoms with E-state index in [0.29, 0.717) is 24.8 Å². The normalized spacial score (nSPS) is 20.2. The fourth-order valence-corrected chi connectivity index (χ4v) is 2.54. The maximum absolute atomic E-state index is 12.3. The quantitative estimate of drug-likeness (QED) is 0.559. The lowest BCUT2D eigenvalue weighted by Crippen LogP contribution is -2.18. The second-order valence-electron chi connectivity index (χ2n) is 5.82. The van der Waals surface area contributed by atoms with Crippen molar-refractivity contribution in [3.05, 3.63) is 29.3 Å². The zero-order valence-corrected chi connectivity index (χ0v) is 13.4. The van der Waals surface area contributed by atoms with E-state index in [9.17, 15) is 24.6 Å². The topological polar surface area (TPSA) is 101 Å². The molecule has 0 bridgehead atoms. The Bertz CT molecular complexity index is 689. The van der Waals surface area contributed by atoms with Crippen LogP contribution in [0.3, 0.4) is 0 Å². The highest BCUT2D eigenvalue weighted by Crippen LogP contribution is 2.29. The average molecular weight is 332 g/mol. The summed E-state index contributed by atoms with van der Waals surface area (Å²) in [5.74, 6) is -2.08. The van der Waals surface area contributed by atoms with Crippen molar-refractivity contribution in [2.75, 3.05) is 0 Å². The number of hydrogen-bond acceptors (Lipinski definition) is 6. The third-order valence-corrected chi connectivity index (χ3v) is 3.81. The van der Waals surface area contributed by atoms with Gasteiger partial charge in [0, 0.05) is 18.9 Å². The van der Waals surface area contributed by atoms with E-state index in [4.69, 9.17) is 4.74 Å². The van der Waals surface area contributed by atoms with Crippen molar-refractivity contribution in [2.24, 2.45) is 0 Å². The van der Waals surface area contributed by atoms with Gasteiger partial charge in [-0.3, -0.25) is 9.59 Å². The Hall–Kier alpha value is -2.63. The minimum absolute atomic E-state index is 0.0321. The van der Waals surface area contributed by atoms with Crippen LogP contribution >= 0.6 is 0 Å². The number of ether oxygens (including phenoxy) is 1. The maximum Gasteiger partial charge on any atom is 0.342 e. The largest absolute Gasteiger partial charge is 0.508 e. The Morgan fingerprint density at radius 3 is 2.54 bits per heavy atom. The summed E-state index contributed by atoms with van der Waals surface area (Å²) >= 11 is 0. The molecule has 1 aromatic carbocycles. The Morgan fingerprint density at radius 1 is 1.08 bits per heavy atom. The van der Waals surface area contributed by atoms with Crippen molar-refractivity contribution in [3.8, 4) is 11.5 Å². The van der Waals surface area contributed by atoms with E-state index in [2.05, 4.69) is 0 Å². The molecule has 1 aliphatic heterocycles. The van der Waals surface area contributed by atoms with Crippen LogP contribution in [0.25, 0.3) is 6.08 Å². The molecule has 1 heterocycles. The molecule has 0 spiro atoms. The Morgan fingerprint density at radius 2 is 1.79 bits per heavy atom. The van der Waals surface area contributed by atoms with Crippen LogP contribution in [0.4, 0.5) is 0 Å². The summed E-state index contributed by atoms with van der Waals surface area (Å²) in [6.07, 6.45) is 4.11. The van der Waals surface area contributed by atoms with E-state index in [1.807, 2.05) is 0 Å². The standard InChI is InChI=1S/C18H20O6/c1-11-5-4-8-15(21)14(20)7-3-2-6-12-9-13(19)10-16(22)17(12)18(23)24-11/h2,6,9-11,19,22H,3-5,7-8H2,1H3/t11-/m0/s1. The summed E-state index contributed by atoms with van der Waals surface area (Å²) < 4.78 is 5.29.